The second kappa shape index (κ2) is 11.0. The predicted molar refractivity (Wildman–Crippen MR) is 139 cm³/mol. The fourth-order valence-electron chi connectivity index (χ4n) is 3.81. The summed E-state index contributed by atoms with van der Waals surface area (Å²) >= 11 is 7.81. The van der Waals surface area contributed by atoms with E-state index in [2.05, 4.69) is 21.6 Å². The van der Waals surface area contributed by atoms with Gasteiger partial charge in [0.25, 0.3) is 5.91 Å². The second-order valence-corrected chi connectivity index (χ2v) is 10.0. The highest BCUT2D eigenvalue weighted by Gasteiger charge is 2.30. The average Bonchev–Trinajstić information content (AvgIpc) is 3.27. The number of carbonyl (C=O) groups excluding carboxylic acids is 1. The molecule has 0 saturated carbocycles. The highest BCUT2D eigenvalue weighted by atomic mass is 35.5. The number of nitrogens with one attached hydrogen (secondary N) is 1. The van der Waals surface area contributed by atoms with E-state index in [-0.39, 0.29) is 5.56 Å². The lowest BCUT2D eigenvalue weighted by molar-refractivity contribution is -0.137. The van der Waals surface area contributed by atoms with E-state index in [0.29, 0.717) is 21.8 Å². The van der Waals surface area contributed by atoms with Crippen LogP contribution in [-0.4, -0.2) is 20.7 Å². The minimum absolute atomic E-state index is 0.110. The van der Waals surface area contributed by atoms with Crippen LogP contribution in [-0.2, 0) is 11.9 Å². The van der Waals surface area contributed by atoms with E-state index in [9.17, 15) is 18.0 Å². The minimum atomic E-state index is -4.47. The maximum atomic E-state index is 12.9. The molecule has 0 aliphatic rings. The lowest BCUT2D eigenvalue weighted by atomic mass is 10.1. The van der Waals surface area contributed by atoms with Gasteiger partial charge in [-0.15, -0.1) is 10.2 Å². The Balaban J connectivity index is 1.63. The van der Waals surface area contributed by atoms with Crippen LogP contribution in [0.25, 0.3) is 5.69 Å². The molecule has 0 saturated heterocycles. The molecular weight excluding hydrogens is 521 g/mol. The number of hydrogen-bond donors (Lipinski definition) is 1. The molecule has 0 bridgehead atoms. The normalized spacial score (nSPS) is 12.4. The van der Waals surface area contributed by atoms with Crippen molar-refractivity contribution in [3.05, 3.63) is 105 Å². The van der Waals surface area contributed by atoms with Crippen molar-refractivity contribution in [2.75, 3.05) is 0 Å². The van der Waals surface area contributed by atoms with Crippen LogP contribution in [0.3, 0.4) is 0 Å². The Labute approximate surface area is 222 Å². The smallest absolute Gasteiger partial charge is 0.342 e. The predicted octanol–water partition coefficient (Wildman–Crippen LogP) is 7.34. The van der Waals surface area contributed by atoms with Gasteiger partial charge in [0.15, 0.2) is 11.0 Å². The highest BCUT2D eigenvalue weighted by molar-refractivity contribution is 7.98. The summed E-state index contributed by atoms with van der Waals surface area (Å²) in [5.41, 5.74) is 3.29. The van der Waals surface area contributed by atoms with E-state index < -0.39 is 23.7 Å². The first-order valence-corrected chi connectivity index (χ1v) is 12.8. The Bertz CT molecular complexity index is 1420. The molecule has 0 radical (unpaired) electrons. The molecule has 37 heavy (non-hydrogen) atoms. The Morgan fingerprint density at radius 3 is 2.46 bits per heavy atom. The monoisotopic (exact) mass is 544 g/mol. The molecule has 192 valence electrons. The molecule has 1 atom stereocenters. The van der Waals surface area contributed by atoms with Crippen LogP contribution in [0.4, 0.5) is 13.2 Å². The lowest BCUT2D eigenvalue weighted by Crippen LogP contribution is -2.28. The summed E-state index contributed by atoms with van der Waals surface area (Å²) in [6.07, 6.45) is -4.47. The molecule has 1 unspecified atom stereocenters. The van der Waals surface area contributed by atoms with E-state index in [4.69, 9.17) is 11.6 Å². The third-order valence-corrected chi connectivity index (χ3v) is 6.97. The molecule has 1 amide bonds. The molecule has 4 aromatic rings. The lowest BCUT2D eigenvalue weighted by Gasteiger charge is -2.18. The maximum absolute atomic E-state index is 12.9. The SMILES string of the molecule is Cc1cccc(CSc2nnc(C(C)NC(=O)c3ccc(C(F)(F)F)cc3)n2-c2cc(Cl)ccc2C)c1. The van der Waals surface area contributed by atoms with Crippen molar-refractivity contribution in [3.63, 3.8) is 0 Å². The largest absolute Gasteiger partial charge is 0.416 e. The van der Waals surface area contributed by atoms with E-state index in [0.717, 1.165) is 46.6 Å². The molecular formula is C27H24ClF3N4OS. The van der Waals surface area contributed by atoms with Crippen LogP contribution in [0.15, 0.2) is 71.9 Å². The number of aromatic nitrogens is 3. The summed E-state index contributed by atoms with van der Waals surface area (Å²) in [5, 5.41) is 12.8. The molecule has 1 aromatic heterocycles. The van der Waals surface area contributed by atoms with Gasteiger partial charge < -0.3 is 5.32 Å². The van der Waals surface area contributed by atoms with Crippen LogP contribution in [0.2, 0.25) is 5.02 Å². The molecule has 1 heterocycles. The van der Waals surface area contributed by atoms with Gasteiger partial charge in [0, 0.05) is 16.3 Å². The highest BCUT2D eigenvalue weighted by Crippen LogP contribution is 2.31. The van der Waals surface area contributed by atoms with Crippen molar-refractivity contribution in [3.8, 4) is 5.69 Å². The zero-order valence-electron chi connectivity index (χ0n) is 20.3. The Hall–Kier alpha value is -3.30. The summed E-state index contributed by atoms with van der Waals surface area (Å²) in [5.74, 6) is 0.607. The number of hydrogen-bond acceptors (Lipinski definition) is 4. The minimum Gasteiger partial charge on any atom is -0.342 e. The molecule has 1 N–H and O–H groups in total. The van der Waals surface area contributed by atoms with Crippen LogP contribution < -0.4 is 5.32 Å². The molecule has 0 aliphatic carbocycles. The number of amides is 1. The first kappa shape index (κ1) is 26.8. The van der Waals surface area contributed by atoms with Crippen molar-refractivity contribution < 1.29 is 18.0 Å². The van der Waals surface area contributed by atoms with Crippen molar-refractivity contribution in [2.24, 2.45) is 0 Å². The molecule has 0 aliphatic heterocycles. The zero-order valence-corrected chi connectivity index (χ0v) is 21.9. The number of aryl methyl sites for hydroxylation is 2. The number of rotatable bonds is 7. The van der Waals surface area contributed by atoms with Crippen molar-refractivity contribution in [1.82, 2.24) is 20.1 Å². The molecule has 10 heteroatoms. The third-order valence-electron chi connectivity index (χ3n) is 5.73. The van der Waals surface area contributed by atoms with Crippen molar-refractivity contribution in [2.45, 2.75) is 43.9 Å². The Morgan fingerprint density at radius 2 is 1.78 bits per heavy atom. The van der Waals surface area contributed by atoms with Crippen molar-refractivity contribution in [1.29, 1.82) is 0 Å². The maximum Gasteiger partial charge on any atom is 0.416 e. The van der Waals surface area contributed by atoms with Gasteiger partial charge in [-0.25, -0.2) is 0 Å². The average molecular weight is 545 g/mol. The number of nitrogens with zero attached hydrogens (tertiary/aromatic N) is 3. The van der Waals surface area contributed by atoms with Gasteiger partial charge in [-0.1, -0.05) is 59.3 Å². The standard InChI is InChI=1S/C27H24ClF3N4OS/c1-16-5-4-6-19(13-16)15-37-26-34-33-24(35(26)23-14-22(28)12-7-17(23)2)18(3)32-25(36)20-8-10-21(11-9-20)27(29,30)31/h4-14,18H,15H2,1-3H3,(H,32,36). The fraction of sp³-hybridized carbons (Fsp3) is 0.222. The second-order valence-electron chi connectivity index (χ2n) is 8.65. The summed E-state index contributed by atoms with van der Waals surface area (Å²) in [6, 6.07) is 17.1. The number of benzene rings is 3. The van der Waals surface area contributed by atoms with Gasteiger partial charge >= 0.3 is 6.18 Å². The van der Waals surface area contributed by atoms with E-state index >= 15 is 0 Å². The number of halogens is 4. The van der Waals surface area contributed by atoms with Crippen LogP contribution in [0.5, 0.6) is 0 Å². The topological polar surface area (TPSA) is 59.8 Å². The van der Waals surface area contributed by atoms with Crippen molar-refractivity contribution >= 4 is 29.3 Å². The molecule has 4 rings (SSSR count). The molecule has 3 aromatic carbocycles. The van der Waals surface area contributed by atoms with E-state index in [1.165, 1.54) is 11.8 Å². The number of alkyl halides is 3. The summed E-state index contributed by atoms with van der Waals surface area (Å²) < 4.78 is 40.5. The first-order valence-electron chi connectivity index (χ1n) is 11.4. The molecule has 5 nitrogen and oxygen atoms in total. The van der Waals surface area contributed by atoms with Gasteiger partial charge in [-0.05, 0) is 68.3 Å². The molecule has 0 spiro atoms. The Morgan fingerprint density at radius 1 is 1.05 bits per heavy atom. The first-order chi connectivity index (χ1) is 17.5. The van der Waals surface area contributed by atoms with Gasteiger partial charge in [0.05, 0.1) is 17.3 Å². The quantitative estimate of drug-likeness (QED) is 0.247. The number of carbonyl (C=O) groups is 1. The van der Waals surface area contributed by atoms with Crippen LogP contribution in [0.1, 0.15) is 51.4 Å². The van der Waals surface area contributed by atoms with Crippen LogP contribution in [0, 0.1) is 13.8 Å². The third kappa shape index (κ3) is 6.34. The summed E-state index contributed by atoms with van der Waals surface area (Å²) in [4.78, 5) is 12.8. The Kier molecular flexibility index (Phi) is 7.94. The van der Waals surface area contributed by atoms with E-state index in [1.54, 1.807) is 13.0 Å². The molecule has 0 fully saturated rings. The van der Waals surface area contributed by atoms with Crippen LogP contribution >= 0.6 is 23.4 Å². The van der Waals surface area contributed by atoms with Gasteiger partial charge in [-0.3, -0.25) is 9.36 Å². The zero-order chi connectivity index (χ0) is 26.7. The summed E-state index contributed by atoms with van der Waals surface area (Å²) in [6.45, 7) is 5.72. The number of thioether (sulfide) groups is 1. The van der Waals surface area contributed by atoms with Gasteiger partial charge in [-0.2, -0.15) is 13.2 Å². The fourth-order valence-corrected chi connectivity index (χ4v) is 4.87. The summed E-state index contributed by atoms with van der Waals surface area (Å²) in [7, 11) is 0. The van der Waals surface area contributed by atoms with Gasteiger partial charge in [0.2, 0.25) is 0 Å². The van der Waals surface area contributed by atoms with E-state index in [1.807, 2.05) is 48.7 Å². The van der Waals surface area contributed by atoms with Gasteiger partial charge in [0.1, 0.15) is 0 Å².